The van der Waals surface area contributed by atoms with E-state index >= 15 is 0 Å². The minimum atomic E-state index is -1.24. The van der Waals surface area contributed by atoms with Crippen LogP contribution < -0.4 is 0 Å². The Morgan fingerprint density at radius 2 is 2.17 bits per heavy atom. The fourth-order valence-electron chi connectivity index (χ4n) is 2.02. The molecule has 0 radical (unpaired) electrons. The van der Waals surface area contributed by atoms with Crippen molar-refractivity contribution in [1.29, 1.82) is 0 Å². The van der Waals surface area contributed by atoms with Crippen LogP contribution in [0.4, 0.5) is 0 Å². The van der Waals surface area contributed by atoms with E-state index < -0.39 is 16.8 Å². The highest BCUT2D eigenvalue weighted by Crippen LogP contribution is 2.19. The van der Waals surface area contributed by atoms with Gasteiger partial charge in [0.2, 0.25) is 5.82 Å². The lowest BCUT2D eigenvalue weighted by molar-refractivity contribution is 0.0425. The van der Waals surface area contributed by atoms with Gasteiger partial charge in [-0.3, -0.25) is 4.21 Å². The third-order valence-electron chi connectivity index (χ3n) is 3.19. The zero-order valence-electron chi connectivity index (χ0n) is 12.8. The summed E-state index contributed by atoms with van der Waals surface area (Å²) in [5, 5.41) is 7.66. The molecule has 8 heteroatoms. The molecule has 0 aliphatic rings. The lowest BCUT2D eigenvalue weighted by Crippen LogP contribution is -2.10. The first-order valence-electron chi connectivity index (χ1n) is 7.18. The standard InChI is InChI=1S/C16H14N2O4S2/c1-2-24(20)13-6-4-3-5-12(13)16(19)21-9-14-17-15(18-22-14)11-7-8-23-10-11/h3-8,10H,2,9H2,1H3. The maximum absolute atomic E-state index is 12.2. The van der Waals surface area contributed by atoms with E-state index in [0.29, 0.717) is 16.5 Å². The Balaban J connectivity index is 1.69. The van der Waals surface area contributed by atoms with E-state index in [0.717, 1.165) is 5.56 Å². The highest BCUT2D eigenvalue weighted by Gasteiger charge is 2.17. The predicted molar refractivity (Wildman–Crippen MR) is 90.1 cm³/mol. The van der Waals surface area contributed by atoms with Gasteiger partial charge in [0, 0.05) is 16.7 Å². The van der Waals surface area contributed by atoms with Gasteiger partial charge in [-0.15, -0.1) is 0 Å². The van der Waals surface area contributed by atoms with Gasteiger partial charge in [-0.25, -0.2) is 4.79 Å². The van der Waals surface area contributed by atoms with Crippen molar-refractivity contribution in [1.82, 2.24) is 10.1 Å². The Bertz CT molecular complexity index is 859. The second-order valence-electron chi connectivity index (χ2n) is 4.73. The number of hydrogen-bond acceptors (Lipinski definition) is 7. The molecule has 24 heavy (non-hydrogen) atoms. The van der Waals surface area contributed by atoms with Crippen molar-refractivity contribution in [2.45, 2.75) is 18.4 Å². The van der Waals surface area contributed by atoms with Crippen molar-refractivity contribution in [3.05, 3.63) is 52.5 Å². The van der Waals surface area contributed by atoms with Crippen LogP contribution in [0.2, 0.25) is 0 Å². The molecule has 0 fully saturated rings. The topological polar surface area (TPSA) is 82.3 Å². The fraction of sp³-hybridized carbons (Fsp3) is 0.188. The predicted octanol–water partition coefficient (Wildman–Crippen LogP) is 3.28. The minimum Gasteiger partial charge on any atom is -0.452 e. The number of carbonyl (C=O) groups is 1. The minimum absolute atomic E-state index is 0.136. The first-order chi connectivity index (χ1) is 11.7. The van der Waals surface area contributed by atoms with E-state index in [-0.39, 0.29) is 18.1 Å². The summed E-state index contributed by atoms with van der Waals surface area (Å²) in [4.78, 5) is 16.9. The van der Waals surface area contributed by atoms with Crippen LogP contribution in [-0.4, -0.2) is 26.1 Å². The summed E-state index contributed by atoms with van der Waals surface area (Å²) in [5.74, 6) is 0.522. The van der Waals surface area contributed by atoms with Crippen molar-refractivity contribution in [2.24, 2.45) is 0 Å². The number of rotatable bonds is 6. The SMILES string of the molecule is CCS(=O)c1ccccc1C(=O)OCc1nc(-c2ccsc2)no1. The summed E-state index contributed by atoms with van der Waals surface area (Å²) in [6.07, 6.45) is 0. The molecule has 0 aliphatic carbocycles. The zero-order valence-corrected chi connectivity index (χ0v) is 14.4. The van der Waals surface area contributed by atoms with Gasteiger partial charge in [0.1, 0.15) is 0 Å². The fourth-order valence-corrected chi connectivity index (χ4v) is 3.59. The van der Waals surface area contributed by atoms with Gasteiger partial charge in [-0.1, -0.05) is 24.2 Å². The van der Waals surface area contributed by atoms with Crippen molar-refractivity contribution in [3.8, 4) is 11.4 Å². The lowest BCUT2D eigenvalue weighted by Gasteiger charge is -2.07. The molecule has 0 bridgehead atoms. The number of ether oxygens (including phenoxy) is 1. The highest BCUT2D eigenvalue weighted by atomic mass is 32.2. The molecule has 2 heterocycles. The molecular formula is C16H14N2O4S2. The van der Waals surface area contributed by atoms with Crippen molar-refractivity contribution >= 4 is 28.1 Å². The Morgan fingerprint density at radius 1 is 1.33 bits per heavy atom. The van der Waals surface area contributed by atoms with Gasteiger partial charge in [-0.2, -0.15) is 16.3 Å². The number of benzene rings is 1. The van der Waals surface area contributed by atoms with Crippen molar-refractivity contribution in [3.63, 3.8) is 0 Å². The first kappa shape index (κ1) is 16.5. The van der Waals surface area contributed by atoms with Crippen LogP contribution in [0.3, 0.4) is 0 Å². The largest absolute Gasteiger partial charge is 0.452 e. The molecule has 1 unspecified atom stereocenters. The van der Waals surface area contributed by atoms with Crippen LogP contribution in [0.5, 0.6) is 0 Å². The van der Waals surface area contributed by atoms with Gasteiger partial charge in [0.05, 0.1) is 21.3 Å². The van der Waals surface area contributed by atoms with E-state index in [9.17, 15) is 9.00 Å². The van der Waals surface area contributed by atoms with Gasteiger partial charge in [0.15, 0.2) is 6.61 Å². The number of aromatic nitrogens is 2. The smallest absolute Gasteiger partial charge is 0.339 e. The Kier molecular flexibility index (Phi) is 5.17. The molecular weight excluding hydrogens is 348 g/mol. The van der Waals surface area contributed by atoms with Crippen molar-refractivity contribution < 1.29 is 18.3 Å². The average molecular weight is 362 g/mol. The van der Waals surface area contributed by atoms with Crippen LogP contribution in [0.1, 0.15) is 23.2 Å². The number of thiophene rings is 1. The summed E-state index contributed by atoms with van der Waals surface area (Å²) in [6.45, 7) is 1.66. The maximum atomic E-state index is 12.2. The Morgan fingerprint density at radius 3 is 2.92 bits per heavy atom. The average Bonchev–Trinajstić information content (AvgIpc) is 3.30. The van der Waals surface area contributed by atoms with E-state index in [1.165, 1.54) is 11.3 Å². The summed E-state index contributed by atoms with van der Waals surface area (Å²) >= 11 is 1.53. The van der Waals surface area contributed by atoms with Gasteiger partial charge >= 0.3 is 5.97 Å². The number of carbonyl (C=O) groups excluding carboxylic acids is 1. The maximum Gasteiger partial charge on any atom is 0.339 e. The summed E-state index contributed by atoms with van der Waals surface area (Å²) < 4.78 is 22.3. The van der Waals surface area contributed by atoms with E-state index in [4.69, 9.17) is 9.26 Å². The lowest BCUT2D eigenvalue weighted by atomic mass is 10.2. The summed E-state index contributed by atoms with van der Waals surface area (Å²) in [5.41, 5.74) is 1.14. The molecule has 0 amide bonds. The van der Waals surface area contributed by atoms with Gasteiger partial charge in [0.25, 0.3) is 5.89 Å². The van der Waals surface area contributed by atoms with Gasteiger partial charge < -0.3 is 9.26 Å². The molecule has 0 saturated carbocycles. The summed E-state index contributed by atoms with van der Waals surface area (Å²) in [6, 6.07) is 8.58. The molecule has 1 aromatic carbocycles. The number of nitrogens with zero attached hydrogens (tertiary/aromatic N) is 2. The third kappa shape index (κ3) is 3.60. The second kappa shape index (κ2) is 7.50. The molecule has 0 N–H and O–H groups in total. The molecule has 3 rings (SSSR count). The Labute approximate surface area is 144 Å². The monoisotopic (exact) mass is 362 g/mol. The van der Waals surface area contributed by atoms with Crippen molar-refractivity contribution in [2.75, 3.05) is 5.75 Å². The van der Waals surface area contributed by atoms with Crippen LogP contribution >= 0.6 is 11.3 Å². The number of esters is 1. The molecule has 1 atom stereocenters. The molecule has 6 nitrogen and oxygen atoms in total. The molecule has 2 aromatic heterocycles. The Hall–Kier alpha value is -2.32. The van der Waals surface area contributed by atoms with E-state index in [2.05, 4.69) is 10.1 Å². The highest BCUT2D eigenvalue weighted by molar-refractivity contribution is 7.85. The summed E-state index contributed by atoms with van der Waals surface area (Å²) in [7, 11) is -1.24. The number of hydrogen-bond donors (Lipinski definition) is 0. The molecule has 0 saturated heterocycles. The quantitative estimate of drug-likeness (QED) is 0.626. The molecule has 3 aromatic rings. The van der Waals surface area contributed by atoms with Crippen LogP contribution in [0, 0.1) is 0 Å². The van der Waals surface area contributed by atoms with Gasteiger partial charge in [-0.05, 0) is 23.6 Å². The first-order valence-corrected chi connectivity index (χ1v) is 9.45. The van der Waals surface area contributed by atoms with E-state index in [1.807, 2.05) is 16.8 Å². The van der Waals surface area contributed by atoms with Crippen LogP contribution in [0.15, 0.2) is 50.5 Å². The van der Waals surface area contributed by atoms with E-state index in [1.54, 1.807) is 31.2 Å². The molecule has 0 spiro atoms. The van der Waals surface area contributed by atoms with Crippen LogP contribution in [-0.2, 0) is 22.1 Å². The van der Waals surface area contributed by atoms with Crippen LogP contribution in [0.25, 0.3) is 11.4 Å². The second-order valence-corrected chi connectivity index (χ2v) is 7.22. The normalized spacial score (nSPS) is 12.0. The zero-order chi connectivity index (χ0) is 16.9. The molecule has 0 aliphatic heterocycles. The third-order valence-corrected chi connectivity index (χ3v) is 5.24. The molecule has 124 valence electrons.